The molecule has 38 heavy (non-hydrogen) atoms. The molecule has 2 aromatic carbocycles. The van der Waals surface area contributed by atoms with Crippen LogP contribution in [0, 0.1) is 5.82 Å². The molecule has 0 radical (unpaired) electrons. The molecule has 2 heterocycles. The van der Waals surface area contributed by atoms with E-state index in [2.05, 4.69) is 29.0 Å². The van der Waals surface area contributed by atoms with Crippen LogP contribution in [0.5, 0.6) is 5.75 Å². The van der Waals surface area contributed by atoms with Gasteiger partial charge < -0.3 is 15.0 Å². The van der Waals surface area contributed by atoms with Crippen molar-refractivity contribution in [1.82, 2.24) is 14.7 Å². The number of nitrogens with one attached hydrogen (secondary N) is 1. The minimum atomic E-state index is -0.243. The van der Waals surface area contributed by atoms with E-state index >= 15 is 0 Å². The van der Waals surface area contributed by atoms with E-state index < -0.39 is 0 Å². The van der Waals surface area contributed by atoms with Crippen LogP contribution >= 0.6 is 11.6 Å². The van der Waals surface area contributed by atoms with Gasteiger partial charge in [-0.15, -0.1) is 0 Å². The van der Waals surface area contributed by atoms with E-state index in [9.17, 15) is 14.0 Å². The van der Waals surface area contributed by atoms with Crippen LogP contribution in [0.3, 0.4) is 0 Å². The number of hydrogen-bond acceptors (Lipinski definition) is 5. The number of nitrogens with zero attached hydrogens (tertiary/aromatic N) is 3. The van der Waals surface area contributed by atoms with Gasteiger partial charge in [0.05, 0.1) is 18.2 Å². The van der Waals surface area contributed by atoms with Crippen molar-refractivity contribution in [3.8, 4) is 5.75 Å². The van der Waals surface area contributed by atoms with Crippen molar-refractivity contribution < 1.29 is 18.7 Å². The number of hydrogen-bond donors (Lipinski definition) is 1. The van der Waals surface area contributed by atoms with Crippen LogP contribution in [0.4, 0.5) is 10.1 Å². The van der Waals surface area contributed by atoms with Crippen LogP contribution < -0.4 is 10.1 Å². The molecule has 0 spiro atoms. The number of ether oxygens (including phenoxy) is 1. The number of anilines is 1. The van der Waals surface area contributed by atoms with E-state index in [1.807, 2.05) is 4.90 Å². The first-order chi connectivity index (χ1) is 18.2. The first-order valence-electron chi connectivity index (χ1n) is 13.1. The Kier molecular flexibility index (Phi) is 9.41. The van der Waals surface area contributed by atoms with Crippen LogP contribution in [-0.2, 0) is 16.1 Å². The number of amides is 2. The van der Waals surface area contributed by atoms with E-state index in [-0.39, 0.29) is 29.7 Å². The Morgan fingerprint density at radius 3 is 2.50 bits per heavy atom. The Morgan fingerprint density at radius 1 is 1.13 bits per heavy atom. The van der Waals surface area contributed by atoms with Gasteiger partial charge in [0, 0.05) is 56.1 Å². The third kappa shape index (κ3) is 6.92. The fourth-order valence-corrected chi connectivity index (χ4v) is 5.36. The Labute approximate surface area is 229 Å². The fraction of sp³-hybridized carbons (Fsp3) is 0.448. The molecule has 1 N–H and O–H groups in total. The molecule has 0 aliphatic carbocycles. The standard InChI is InChI=1S/C29H36ClFN4O3/c1-20(2)35-12-4-5-26(35)29(37)32-25-18-24(30)27(38-3)17-22(25)8-11-28(36)34-15-13-33(14-16-34)19-21-6-9-23(31)10-7-21/h6-11,17-18,20,26H,4-5,12-16,19H2,1-3H3,(H,32,37)/b11-8+/t26-/m0/s1. The predicted molar refractivity (Wildman–Crippen MR) is 149 cm³/mol. The maximum absolute atomic E-state index is 13.2. The second-order valence-corrected chi connectivity index (χ2v) is 10.5. The topological polar surface area (TPSA) is 65.1 Å². The van der Waals surface area contributed by atoms with Gasteiger partial charge in [0.1, 0.15) is 11.6 Å². The van der Waals surface area contributed by atoms with E-state index in [1.165, 1.54) is 25.3 Å². The van der Waals surface area contributed by atoms with Gasteiger partial charge in [-0.25, -0.2) is 4.39 Å². The Bertz CT molecular complexity index is 1160. The molecule has 2 amide bonds. The molecule has 2 aromatic rings. The maximum Gasteiger partial charge on any atom is 0.246 e. The molecule has 0 unspecified atom stereocenters. The summed E-state index contributed by atoms with van der Waals surface area (Å²) < 4.78 is 18.5. The van der Waals surface area contributed by atoms with Crippen molar-refractivity contribution in [2.75, 3.05) is 45.2 Å². The maximum atomic E-state index is 13.2. The molecule has 4 rings (SSSR count). The van der Waals surface area contributed by atoms with Gasteiger partial charge in [-0.2, -0.15) is 0 Å². The first kappa shape index (κ1) is 28.1. The van der Waals surface area contributed by atoms with Crippen molar-refractivity contribution in [2.45, 2.75) is 45.3 Å². The SMILES string of the molecule is COc1cc(/C=C/C(=O)N2CCN(Cc3ccc(F)cc3)CC2)c(NC(=O)[C@@H]2CCCN2C(C)C)cc1Cl. The lowest BCUT2D eigenvalue weighted by Gasteiger charge is -2.34. The summed E-state index contributed by atoms with van der Waals surface area (Å²) in [5.74, 6) is 0.0546. The van der Waals surface area contributed by atoms with Gasteiger partial charge >= 0.3 is 0 Å². The van der Waals surface area contributed by atoms with E-state index in [0.717, 1.165) is 44.6 Å². The highest BCUT2D eigenvalue weighted by molar-refractivity contribution is 6.32. The molecule has 0 saturated carbocycles. The quantitative estimate of drug-likeness (QED) is 0.492. The second-order valence-electron chi connectivity index (χ2n) is 10.1. The van der Waals surface area contributed by atoms with Crippen molar-refractivity contribution in [3.05, 3.63) is 64.4 Å². The summed E-state index contributed by atoms with van der Waals surface area (Å²) in [6.45, 7) is 8.49. The molecule has 9 heteroatoms. The van der Waals surface area contributed by atoms with Crippen molar-refractivity contribution >= 4 is 35.2 Å². The molecule has 0 bridgehead atoms. The predicted octanol–water partition coefficient (Wildman–Crippen LogP) is 4.66. The van der Waals surface area contributed by atoms with Gasteiger partial charge in [-0.3, -0.25) is 19.4 Å². The monoisotopic (exact) mass is 542 g/mol. The van der Waals surface area contributed by atoms with Gasteiger partial charge in [0.2, 0.25) is 11.8 Å². The second kappa shape index (κ2) is 12.7. The third-order valence-electron chi connectivity index (χ3n) is 7.25. The molecule has 2 fully saturated rings. The van der Waals surface area contributed by atoms with Gasteiger partial charge in [-0.05, 0) is 69.1 Å². The summed E-state index contributed by atoms with van der Waals surface area (Å²) in [6.07, 6.45) is 5.03. The molecule has 0 aromatic heterocycles. The van der Waals surface area contributed by atoms with E-state index in [4.69, 9.17) is 16.3 Å². The van der Waals surface area contributed by atoms with Crippen LogP contribution in [0.2, 0.25) is 5.02 Å². The zero-order valence-electron chi connectivity index (χ0n) is 22.3. The molecule has 7 nitrogen and oxygen atoms in total. The Balaban J connectivity index is 1.41. The van der Waals surface area contributed by atoms with Crippen molar-refractivity contribution in [3.63, 3.8) is 0 Å². The lowest BCUT2D eigenvalue weighted by molar-refractivity contribution is -0.127. The molecule has 1 atom stereocenters. The minimum Gasteiger partial charge on any atom is -0.495 e. The van der Waals surface area contributed by atoms with Crippen LogP contribution in [0.1, 0.15) is 37.8 Å². The fourth-order valence-electron chi connectivity index (χ4n) is 5.12. The van der Waals surface area contributed by atoms with Crippen LogP contribution in [0.15, 0.2) is 42.5 Å². The number of benzene rings is 2. The minimum absolute atomic E-state index is 0.0734. The first-order valence-corrected chi connectivity index (χ1v) is 13.5. The highest BCUT2D eigenvalue weighted by Gasteiger charge is 2.32. The summed E-state index contributed by atoms with van der Waals surface area (Å²) in [6, 6.07) is 10.0. The zero-order valence-corrected chi connectivity index (χ0v) is 23.0. The van der Waals surface area contributed by atoms with Gasteiger partial charge in [0.25, 0.3) is 0 Å². The van der Waals surface area contributed by atoms with Gasteiger partial charge in [0.15, 0.2) is 0 Å². The molecular formula is C29H36ClFN4O3. The highest BCUT2D eigenvalue weighted by atomic mass is 35.5. The molecular weight excluding hydrogens is 507 g/mol. The van der Waals surface area contributed by atoms with Crippen molar-refractivity contribution in [2.24, 2.45) is 0 Å². The Morgan fingerprint density at radius 2 is 1.84 bits per heavy atom. The average Bonchev–Trinajstić information content (AvgIpc) is 3.41. The summed E-state index contributed by atoms with van der Waals surface area (Å²) in [5, 5.41) is 3.42. The number of rotatable bonds is 8. The normalized spacial score (nSPS) is 18.9. The number of likely N-dealkylation sites (tertiary alicyclic amines) is 1. The summed E-state index contributed by atoms with van der Waals surface area (Å²) in [4.78, 5) is 32.4. The number of methoxy groups -OCH3 is 1. The molecule has 2 aliphatic rings. The zero-order chi connectivity index (χ0) is 27.2. The lowest BCUT2D eigenvalue weighted by atomic mass is 10.1. The summed E-state index contributed by atoms with van der Waals surface area (Å²) in [7, 11) is 1.53. The lowest BCUT2D eigenvalue weighted by Crippen LogP contribution is -2.47. The summed E-state index contributed by atoms with van der Waals surface area (Å²) in [5.41, 5.74) is 2.24. The Hall–Kier alpha value is -2.94. The average molecular weight is 543 g/mol. The number of carbonyl (C=O) groups excluding carboxylic acids is 2. The molecule has 2 saturated heterocycles. The largest absolute Gasteiger partial charge is 0.495 e. The van der Waals surface area contributed by atoms with Gasteiger partial charge in [-0.1, -0.05) is 23.7 Å². The number of carbonyl (C=O) groups is 2. The van der Waals surface area contributed by atoms with Crippen LogP contribution in [-0.4, -0.2) is 78.4 Å². The molecule has 204 valence electrons. The number of piperazine rings is 1. The number of halogens is 2. The highest BCUT2D eigenvalue weighted by Crippen LogP contribution is 2.33. The van der Waals surface area contributed by atoms with E-state index in [1.54, 1.807) is 30.3 Å². The smallest absolute Gasteiger partial charge is 0.246 e. The van der Waals surface area contributed by atoms with E-state index in [0.29, 0.717) is 35.1 Å². The van der Waals surface area contributed by atoms with Crippen molar-refractivity contribution in [1.29, 1.82) is 0 Å². The summed E-state index contributed by atoms with van der Waals surface area (Å²) >= 11 is 6.38. The molecule has 2 aliphatic heterocycles. The van der Waals surface area contributed by atoms with Crippen LogP contribution in [0.25, 0.3) is 6.08 Å². The third-order valence-corrected chi connectivity index (χ3v) is 7.55.